The van der Waals surface area contributed by atoms with E-state index in [2.05, 4.69) is 38.6 Å². The number of aromatic nitrogens is 3. The summed E-state index contributed by atoms with van der Waals surface area (Å²) in [4.78, 5) is 25.2. The van der Waals surface area contributed by atoms with Crippen LogP contribution in [0.2, 0.25) is 0 Å². The Bertz CT molecular complexity index is 1310. The van der Waals surface area contributed by atoms with Crippen molar-refractivity contribution in [1.29, 1.82) is 0 Å². The first kappa shape index (κ1) is 18.3. The molecule has 5 aromatic rings. The molecule has 148 valence electrons. The number of benzene rings is 2. The first-order valence-corrected chi connectivity index (χ1v) is 10.4. The van der Waals surface area contributed by atoms with Gasteiger partial charge in [0.15, 0.2) is 0 Å². The SMILES string of the molecule is CC(Nc1ccc2sc(C(=O)Nc3ccncc3)cc2c1)c1nc2ccccc2[nH]1. The maximum Gasteiger partial charge on any atom is 0.265 e. The van der Waals surface area contributed by atoms with Crippen LogP contribution in [0.25, 0.3) is 21.1 Å². The second kappa shape index (κ2) is 7.61. The number of H-pyrrole nitrogens is 1. The largest absolute Gasteiger partial charge is 0.375 e. The van der Waals surface area contributed by atoms with Gasteiger partial charge in [-0.25, -0.2) is 4.98 Å². The fourth-order valence-corrected chi connectivity index (χ4v) is 4.31. The Labute approximate surface area is 177 Å². The summed E-state index contributed by atoms with van der Waals surface area (Å²) in [5.41, 5.74) is 3.70. The number of rotatable bonds is 5. The van der Waals surface area contributed by atoms with Crippen molar-refractivity contribution in [3.63, 3.8) is 0 Å². The third-order valence-corrected chi connectivity index (χ3v) is 5.99. The number of aromatic amines is 1. The van der Waals surface area contributed by atoms with Gasteiger partial charge < -0.3 is 15.6 Å². The van der Waals surface area contributed by atoms with Crippen LogP contribution in [0.15, 0.2) is 73.1 Å². The molecule has 3 heterocycles. The van der Waals surface area contributed by atoms with E-state index in [1.165, 1.54) is 11.3 Å². The Balaban J connectivity index is 1.35. The molecule has 3 N–H and O–H groups in total. The molecule has 5 rings (SSSR count). The Morgan fingerprint density at radius 2 is 1.87 bits per heavy atom. The maximum atomic E-state index is 12.6. The van der Waals surface area contributed by atoms with Gasteiger partial charge in [-0.15, -0.1) is 11.3 Å². The van der Waals surface area contributed by atoms with Gasteiger partial charge in [0.2, 0.25) is 0 Å². The minimum atomic E-state index is -0.118. The van der Waals surface area contributed by atoms with Crippen LogP contribution in [-0.4, -0.2) is 20.9 Å². The molecule has 1 amide bonds. The number of anilines is 2. The van der Waals surface area contributed by atoms with E-state index in [9.17, 15) is 4.79 Å². The van der Waals surface area contributed by atoms with E-state index in [-0.39, 0.29) is 11.9 Å². The quantitative estimate of drug-likeness (QED) is 0.350. The highest BCUT2D eigenvalue weighted by Gasteiger charge is 2.13. The molecule has 30 heavy (non-hydrogen) atoms. The predicted octanol–water partition coefficient (Wildman–Crippen LogP) is 5.60. The summed E-state index contributed by atoms with van der Waals surface area (Å²) >= 11 is 1.48. The number of carbonyl (C=O) groups excluding carboxylic acids is 1. The zero-order chi connectivity index (χ0) is 20.5. The number of nitrogens with zero attached hydrogens (tertiary/aromatic N) is 2. The van der Waals surface area contributed by atoms with Gasteiger partial charge >= 0.3 is 0 Å². The molecule has 0 fully saturated rings. The highest BCUT2D eigenvalue weighted by molar-refractivity contribution is 7.20. The Hall–Kier alpha value is -3.71. The molecule has 0 aliphatic heterocycles. The first-order valence-electron chi connectivity index (χ1n) is 9.62. The zero-order valence-electron chi connectivity index (χ0n) is 16.2. The van der Waals surface area contributed by atoms with E-state index in [1.54, 1.807) is 24.5 Å². The minimum absolute atomic E-state index is 0.0166. The number of thiophene rings is 1. The van der Waals surface area contributed by atoms with Crippen molar-refractivity contribution in [2.75, 3.05) is 10.6 Å². The lowest BCUT2D eigenvalue weighted by Crippen LogP contribution is -2.09. The normalized spacial score (nSPS) is 12.2. The summed E-state index contributed by atoms with van der Waals surface area (Å²) in [6.07, 6.45) is 3.31. The van der Waals surface area contributed by atoms with Gasteiger partial charge in [-0.3, -0.25) is 9.78 Å². The summed E-state index contributed by atoms with van der Waals surface area (Å²) < 4.78 is 1.07. The van der Waals surface area contributed by atoms with E-state index in [0.29, 0.717) is 4.88 Å². The lowest BCUT2D eigenvalue weighted by molar-refractivity contribution is 0.103. The van der Waals surface area contributed by atoms with Gasteiger partial charge in [0.25, 0.3) is 5.91 Å². The number of para-hydroxylation sites is 2. The van der Waals surface area contributed by atoms with E-state index < -0.39 is 0 Å². The fourth-order valence-electron chi connectivity index (χ4n) is 3.37. The van der Waals surface area contributed by atoms with Gasteiger partial charge in [-0.2, -0.15) is 0 Å². The average molecular weight is 414 g/mol. The van der Waals surface area contributed by atoms with E-state index in [1.807, 2.05) is 42.5 Å². The number of fused-ring (bicyclic) bond motifs is 2. The van der Waals surface area contributed by atoms with Gasteiger partial charge in [0.05, 0.1) is 22.0 Å². The molecule has 1 unspecified atom stereocenters. The molecule has 6 nitrogen and oxygen atoms in total. The lowest BCUT2D eigenvalue weighted by atomic mass is 10.2. The average Bonchev–Trinajstić information content (AvgIpc) is 3.38. The molecule has 3 aromatic heterocycles. The van der Waals surface area contributed by atoms with Crippen LogP contribution in [0, 0.1) is 0 Å². The summed E-state index contributed by atoms with van der Waals surface area (Å²) in [6.45, 7) is 2.07. The molecule has 2 aromatic carbocycles. The van der Waals surface area contributed by atoms with Crippen molar-refractivity contribution in [1.82, 2.24) is 15.0 Å². The second-order valence-corrected chi connectivity index (χ2v) is 8.14. The molecule has 0 aliphatic carbocycles. The molecule has 0 saturated carbocycles. The van der Waals surface area contributed by atoms with Gasteiger partial charge in [0, 0.05) is 28.5 Å². The van der Waals surface area contributed by atoms with Crippen LogP contribution in [0.3, 0.4) is 0 Å². The molecule has 1 atom stereocenters. The van der Waals surface area contributed by atoms with Crippen molar-refractivity contribution in [3.8, 4) is 0 Å². The number of hydrogen-bond acceptors (Lipinski definition) is 5. The van der Waals surface area contributed by atoms with Crippen LogP contribution < -0.4 is 10.6 Å². The van der Waals surface area contributed by atoms with Gasteiger partial charge in [0.1, 0.15) is 5.82 Å². The summed E-state index contributed by atoms with van der Waals surface area (Å²) in [6, 6.07) is 19.6. The monoisotopic (exact) mass is 413 g/mol. The summed E-state index contributed by atoms with van der Waals surface area (Å²) in [5.74, 6) is 0.770. The van der Waals surface area contributed by atoms with Gasteiger partial charge in [-0.1, -0.05) is 12.1 Å². The number of hydrogen-bond donors (Lipinski definition) is 3. The Kier molecular flexibility index (Phi) is 4.65. The predicted molar refractivity (Wildman–Crippen MR) is 122 cm³/mol. The number of pyridine rings is 1. The van der Waals surface area contributed by atoms with Crippen LogP contribution in [0.1, 0.15) is 28.5 Å². The van der Waals surface area contributed by atoms with Crippen molar-refractivity contribution >= 4 is 49.7 Å². The number of carbonyl (C=O) groups is 1. The second-order valence-electron chi connectivity index (χ2n) is 7.06. The van der Waals surface area contributed by atoms with E-state index in [0.717, 1.165) is 38.3 Å². The smallest absolute Gasteiger partial charge is 0.265 e. The van der Waals surface area contributed by atoms with Crippen molar-refractivity contribution < 1.29 is 4.79 Å². The van der Waals surface area contributed by atoms with Crippen LogP contribution in [0.5, 0.6) is 0 Å². The molecule has 0 aliphatic rings. The van der Waals surface area contributed by atoms with E-state index in [4.69, 9.17) is 0 Å². The number of amides is 1. The number of imidazole rings is 1. The topological polar surface area (TPSA) is 82.7 Å². The molecule has 0 spiro atoms. The van der Waals surface area contributed by atoms with Crippen molar-refractivity contribution in [2.24, 2.45) is 0 Å². The van der Waals surface area contributed by atoms with Gasteiger partial charge in [-0.05, 0) is 60.8 Å². The molecule has 0 saturated heterocycles. The molecular formula is C23H19N5OS. The first-order chi connectivity index (χ1) is 14.7. The Morgan fingerprint density at radius 3 is 2.70 bits per heavy atom. The lowest BCUT2D eigenvalue weighted by Gasteiger charge is -2.13. The Morgan fingerprint density at radius 1 is 1.03 bits per heavy atom. The molecule has 0 radical (unpaired) electrons. The minimum Gasteiger partial charge on any atom is -0.375 e. The summed E-state index contributed by atoms with van der Waals surface area (Å²) in [7, 11) is 0. The van der Waals surface area contributed by atoms with Crippen molar-refractivity contribution in [2.45, 2.75) is 13.0 Å². The van der Waals surface area contributed by atoms with Crippen molar-refractivity contribution in [3.05, 3.63) is 83.8 Å². The third-order valence-electron chi connectivity index (χ3n) is 4.88. The highest BCUT2D eigenvalue weighted by Crippen LogP contribution is 2.30. The van der Waals surface area contributed by atoms with Crippen LogP contribution in [-0.2, 0) is 0 Å². The maximum absolute atomic E-state index is 12.6. The highest BCUT2D eigenvalue weighted by atomic mass is 32.1. The third kappa shape index (κ3) is 3.62. The molecular weight excluding hydrogens is 394 g/mol. The van der Waals surface area contributed by atoms with E-state index >= 15 is 0 Å². The fraction of sp³-hybridized carbons (Fsp3) is 0.0870. The summed E-state index contributed by atoms with van der Waals surface area (Å²) in [5, 5.41) is 7.43. The molecule has 7 heteroatoms. The standard InChI is InChI=1S/C23H19N5OS/c1-14(22-27-18-4-2-3-5-19(18)28-22)25-17-6-7-20-15(12-17)13-21(30-20)23(29)26-16-8-10-24-11-9-16/h2-14,25H,1H3,(H,27,28)(H,24,26,29). The number of nitrogens with one attached hydrogen (secondary N) is 3. The van der Waals surface area contributed by atoms with Crippen LogP contribution >= 0.6 is 11.3 Å². The molecule has 0 bridgehead atoms. The van der Waals surface area contributed by atoms with Crippen LogP contribution in [0.4, 0.5) is 11.4 Å². The zero-order valence-corrected chi connectivity index (χ0v) is 17.0.